The molecular weight excluding hydrogens is 200 g/mol. The zero-order valence-electron chi connectivity index (χ0n) is 10.7. The lowest BCUT2D eigenvalue weighted by Crippen LogP contribution is -2.42. The van der Waals surface area contributed by atoms with Gasteiger partial charge in [0.2, 0.25) is 5.91 Å². The molecule has 0 aliphatic carbocycles. The Morgan fingerprint density at radius 3 is 2.69 bits per heavy atom. The highest BCUT2D eigenvalue weighted by Gasteiger charge is 2.09. The molecule has 0 saturated carbocycles. The largest absolute Gasteiger partial charge is 0.355 e. The molecule has 0 saturated heterocycles. The minimum Gasteiger partial charge on any atom is -0.355 e. The van der Waals surface area contributed by atoms with Crippen LogP contribution in [-0.2, 0) is 4.79 Å². The normalized spacial score (nSPS) is 11.4. The van der Waals surface area contributed by atoms with E-state index in [9.17, 15) is 4.79 Å². The standard InChI is InChI=1S/C13H24N2O/c1-4-6-8-10-14-12(3)13(16)15-11-9-7-5-2/h12,14H,5,7-11H2,1-3H3,(H,15,16). The lowest BCUT2D eigenvalue weighted by Gasteiger charge is -2.12. The second kappa shape index (κ2) is 10.5. The molecule has 3 heteroatoms. The first-order chi connectivity index (χ1) is 7.72. The van der Waals surface area contributed by atoms with Gasteiger partial charge in [-0.1, -0.05) is 19.8 Å². The fourth-order valence-electron chi connectivity index (χ4n) is 1.31. The molecule has 0 aromatic rings. The van der Waals surface area contributed by atoms with Crippen molar-refractivity contribution in [3.05, 3.63) is 0 Å². The second-order valence-corrected chi connectivity index (χ2v) is 3.85. The van der Waals surface area contributed by atoms with Gasteiger partial charge in [-0.2, -0.15) is 0 Å². The number of carbonyl (C=O) groups is 1. The van der Waals surface area contributed by atoms with Crippen molar-refractivity contribution >= 4 is 5.91 Å². The van der Waals surface area contributed by atoms with Gasteiger partial charge in [0.15, 0.2) is 0 Å². The Hall–Kier alpha value is -1.01. The van der Waals surface area contributed by atoms with E-state index in [1.165, 1.54) is 12.8 Å². The summed E-state index contributed by atoms with van der Waals surface area (Å²) in [5, 5.41) is 6.06. The van der Waals surface area contributed by atoms with Crippen molar-refractivity contribution in [3.8, 4) is 11.8 Å². The lowest BCUT2D eigenvalue weighted by molar-refractivity contribution is -0.122. The van der Waals surface area contributed by atoms with Crippen LogP contribution < -0.4 is 10.6 Å². The van der Waals surface area contributed by atoms with Crippen LogP contribution in [0.4, 0.5) is 0 Å². The van der Waals surface area contributed by atoms with Gasteiger partial charge < -0.3 is 10.6 Å². The minimum absolute atomic E-state index is 0.0839. The van der Waals surface area contributed by atoms with Crippen LogP contribution >= 0.6 is 0 Å². The summed E-state index contributed by atoms with van der Waals surface area (Å²) >= 11 is 0. The van der Waals surface area contributed by atoms with Crippen molar-refractivity contribution in [1.29, 1.82) is 0 Å². The summed E-state index contributed by atoms with van der Waals surface area (Å²) < 4.78 is 0. The van der Waals surface area contributed by atoms with Crippen molar-refractivity contribution in [1.82, 2.24) is 10.6 Å². The fraction of sp³-hybridized carbons (Fsp3) is 0.769. The smallest absolute Gasteiger partial charge is 0.236 e. The van der Waals surface area contributed by atoms with Gasteiger partial charge in [0.25, 0.3) is 0 Å². The predicted molar refractivity (Wildman–Crippen MR) is 68.1 cm³/mol. The van der Waals surface area contributed by atoms with Crippen molar-refractivity contribution in [3.63, 3.8) is 0 Å². The first kappa shape index (κ1) is 15.0. The summed E-state index contributed by atoms with van der Waals surface area (Å²) in [7, 11) is 0. The Kier molecular flexibility index (Phi) is 9.84. The molecule has 1 atom stereocenters. The van der Waals surface area contributed by atoms with Gasteiger partial charge in [-0.05, 0) is 20.3 Å². The second-order valence-electron chi connectivity index (χ2n) is 3.85. The molecule has 0 bridgehead atoms. The van der Waals surface area contributed by atoms with E-state index in [0.29, 0.717) is 0 Å². The first-order valence-corrected chi connectivity index (χ1v) is 6.13. The van der Waals surface area contributed by atoms with Crippen LogP contribution in [0.3, 0.4) is 0 Å². The van der Waals surface area contributed by atoms with Crippen LogP contribution in [0.15, 0.2) is 0 Å². The molecule has 3 nitrogen and oxygen atoms in total. The number of rotatable bonds is 8. The number of hydrogen-bond donors (Lipinski definition) is 2. The number of amides is 1. The maximum absolute atomic E-state index is 11.6. The van der Waals surface area contributed by atoms with Crippen LogP contribution in [0.2, 0.25) is 0 Å². The quantitative estimate of drug-likeness (QED) is 0.486. The zero-order valence-corrected chi connectivity index (χ0v) is 10.7. The highest BCUT2D eigenvalue weighted by molar-refractivity contribution is 5.81. The van der Waals surface area contributed by atoms with Crippen LogP contribution in [-0.4, -0.2) is 25.0 Å². The van der Waals surface area contributed by atoms with E-state index >= 15 is 0 Å². The zero-order chi connectivity index (χ0) is 12.2. The van der Waals surface area contributed by atoms with E-state index in [4.69, 9.17) is 0 Å². The third-order valence-corrected chi connectivity index (χ3v) is 2.35. The van der Waals surface area contributed by atoms with E-state index < -0.39 is 0 Å². The molecule has 0 fully saturated rings. The molecule has 0 spiro atoms. The van der Waals surface area contributed by atoms with Crippen LogP contribution in [0.1, 0.15) is 46.5 Å². The van der Waals surface area contributed by atoms with Gasteiger partial charge in [-0.3, -0.25) is 4.79 Å². The van der Waals surface area contributed by atoms with Crippen molar-refractivity contribution in [2.24, 2.45) is 0 Å². The van der Waals surface area contributed by atoms with Gasteiger partial charge in [-0.15, -0.1) is 11.8 Å². The maximum Gasteiger partial charge on any atom is 0.236 e. The average molecular weight is 224 g/mol. The molecule has 0 aliphatic heterocycles. The fourth-order valence-corrected chi connectivity index (χ4v) is 1.31. The minimum atomic E-state index is -0.125. The maximum atomic E-state index is 11.6. The Labute approximate surface area is 99.4 Å². The summed E-state index contributed by atoms with van der Waals surface area (Å²) in [6.45, 7) is 7.41. The van der Waals surface area contributed by atoms with Crippen molar-refractivity contribution in [2.75, 3.05) is 13.1 Å². The van der Waals surface area contributed by atoms with E-state index in [0.717, 1.165) is 25.9 Å². The highest BCUT2D eigenvalue weighted by Crippen LogP contribution is 1.91. The van der Waals surface area contributed by atoms with Gasteiger partial charge in [-0.25, -0.2) is 0 Å². The molecule has 0 rings (SSSR count). The van der Waals surface area contributed by atoms with Crippen LogP contribution in [0.25, 0.3) is 0 Å². The average Bonchev–Trinajstić information content (AvgIpc) is 2.29. The molecule has 2 N–H and O–H groups in total. The number of nitrogens with one attached hydrogen (secondary N) is 2. The van der Waals surface area contributed by atoms with Crippen molar-refractivity contribution < 1.29 is 4.79 Å². The summed E-state index contributed by atoms with van der Waals surface area (Å²) in [5.41, 5.74) is 0. The molecule has 1 unspecified atom stereocenters. The van der Waals surface area contributed by atoms with E-state index in [-0.39, 0.29) is 11.9 Å². The Bertz CT molecular complexity index is 240. The van der Waals surface area contributed by atoms with Crippen LogP contribution in [0.5, 0.6) is 0 Å². The summed E-state index contributed by atoms with van der Waals surface area (Å²) in [5.74, 6) is 5.87. The van der Waals surface area contributed by atoms with E-state index in [2.05, 4.69) is 29.4 Å². The van der Waals surface area contributed by atoms with Gasteiger partial charge in [0.1, 0.15) is 0 Å². The lowest BCUT2D eigenvalue weighted by atomic mass is 10.2. The molecule has 0 radical (unpaired) electrons. The SMILES string of the molecule is CC#CCCNC(C)C(=O)NCCCCC. The summed E-state index contributed by atoms with van der Waals surface area (Å²) in [6, 6.07) is -0.125. The Morgan fingerprint density at radius 1 is 1.31 bits per heavy atom. The third-order valence-electron chi connectivity index (χ3n) is 2.35. The van der Waals surface area contributed by atoms with E-state index in [1.54, 1.807) is 0 Å². The molecule has 16 heavy (non-hydrogen) atoms. The first-order valence-electron chi connectivity index (χ1n) is 6.13. The summed E-state index contributed by atoms with van der Waals surface area (Å²) in [4.78, 5) is 11.6. The van der Waals surface area contributed by atoms with E-state index in [1.807, 2.05) is 13.8 Å². The van der Waals surface area contributed by atoms with Crippen LogP contribution in [0, 0.1) is 11.8 Å². The number of carbonyl (C=O) groups excluding carboxylic acids is 1. The molecule has 92 valence electrons. The molecule has 0 heterocycles. The number of hydrogen-bond acceptors (Lipinski definition) is 2. The Morgan fingerprint density at radius 2 is 2.06 bits per heavy atom. The topological polar surface area (TPSA) is 41.1 Å². The summed E-state index contributed by atoms with van der Waals surface area (Å²) in [6.07, 6.45) is 4.22. The third kappa shape index (κ3) is 8.31. The van der Waals surface area contributed by atoms with Gasteiger partial charge in [0.05, 0.1) is 6.04 Å². The molecular formula is C13H24N2O. The predicted octanol–water partition coefficient (Wildman–Crippen LogP) is 1.68. The van der Waals surface area contributed by atoms with Gasteiger partial charge >= 0.3 is 0 Å². The van der Waals surface area contributed by atoms with Crippen molar-refractivity contribution in [2.45, 2.75) is 52.5 Å². The molecule has 1 amide bonds. The van der Waals surface area contributed by atoms with Gasteiger partial charge in [0, 0.05) is 19.5 Å². The molecule has 0 aromatic carbocycles. The Balaban J connectivity index is 3.51. The number of unbranched alkanes of at least 4 members (excludes halogenated alkanes) is 2. The highest BCUT2D eigenvalue weighted by atomic mass is 16.2. The molecule has 0 aliphatic rings. The monoisotopic (exact) mass is 224 g/mol. The molecule has 0 aromatic heterocycles.